The first kappa shape index (κ1) is 7.35. The smallest absolute Gasteiger partial charge is 0.339 e. The first-order chi connectivity index (χ1) is 5.79. The number of allylic oxidation sites excluding steroid dienone is 2. The van der Waals surface area contributed by atoms with Crippen molar-refractivity contribution in [3.05, 3.63) is 35.5 Å². The fourth-order valence-electron chi connectivity index (χ4n) is 1.47. The van der Waals surface area contributed by atoms with E-state index in [0.29, 0.717) is 0 Å². The summed E-state index contributed by atoms with van der Waals surface area (Å²) in [6.07, 6.45) is 8.65. The Balaban J connectivity index is 2.47. The summed E-state index contributed by atoms with van der Waals surface area (Å²) in [5, 5.41) is 0. The number of carbonyl (C=O) groups excluding carboxylic acids is 1. The molecule has 0 aromatic carbocycles. The number of hydrogen-bond acceptors (Lipinski definition) is 2. The Bertz CT molecular complexity index is 308. The van der Waals surface area contributed by atoms with Crippen LogP contribution in [0.4, 0.5) is 0 Å². The predicted molar refractivity (Wildman–Crippen MR) is 45.5 cm³/mol. The van der Waals surface area contributed by atoms with Crippen molar-refractivity contribution in [3.63, 3.8) is 0 Å². The molecule has 2 aliphatic rings. The molecule has 1 unspecified atom stereocenters. The Morgan fingerprint density at radius 1 is 1.42 bits per heavy atom. The first-order valence-corrected chi connectivity index (χ1v) is 4.07. The molecule has 0 saturated carbocycles. The van der Waals surface area contributed by atoms with Crippen molar-refractivity contribution in [3.8, 4) is 0 Å². The fraction of sp³-hybridized carbons (Fsp3) is 0.300. The number of esters is 1. The van der Waals surface area contributed by atoms with E-state index in [9.17, 15) is 4.79 Å². The van der Waals surface area contributed by atoms with Crippen molar-refractivity contribution >= 4 is 5.97 Å². The van der Waals surface area contributed by atoms with Gasteiger partial charge in [0.05, 0.1) is 5.57 Å². The lowest BCUT2D eigenvalue weighted by molar-refractivity contribution is -0.138. The molecule has 0 fully saturated rings. The van der Waals surface area contributed by atoms with E-state index in [1.54, 1.807) is 0 Å². The molecule has 0 bridgehead atoms. The summed E-state index contributed by atoms with van der Waals surface area (Å²) in [5.41, 5.74) is 1.73. The molecule has 0 N–H and O–H groups in total. The number of hydrogen-bond donors (Lipinski definition) is 0. The maximum atomic E-state index is 11.2. The Labute approximate surface area is 71.2 Å². The highest BCUT2D eigenvalue weighted by atomic mass is 16.5. The van der Waals surface area contributed by atoms with Gasteiger partial charge in [0.2, 0.25) is 0 Å². The summed E-state index contributed by atoms with van der Waals surface area (Å²) >= 11 is 0. The summed E-state index contributed by atoms with van der Waals surface area (Å²) in [4.78, 5) is 11.2. The maximum absolute atomic E-state index is 11.2. The summed E-state index contributed by atoms with van der Waals surface area (Å²) < 4.78 is 5.05. The lowest BCUT2D eigenvalue weighted by Gasteiger charge is -2.02. The van der Waals surface area contributed by atoms with Gasteiger partial charge in [0.25, 0.3) is 0 Å². The molecule has 0 aromatic heterocycles. The Morgan fingerprint density at radius 3 is 3.00 bits per heavy atom. The summed E-state index contributed by atoms with van der Waals surface area (Å²) in [7, 11) is 0. The van der Waals surface area contributed by atoms with Crippen LogP contribution in [0.2, 0.25) is 0 Å². The van der Waals surface area contributed by atoms with Gasteiger partial charge in [-0.1, -0.05) is 24.3 Å². The molecule has 1 heterocycles. The topological polar surface area (TPSA) is 26.3 Å². The van der Waals surface area contributed by atoms with Crippen molar-refractivity contribution < 1.29 is 9.53 Å². The zero-order valence-corrected chi connectivity index (χ0v) is 6.91. The number of cyclic esters (lactones) is 1. The van der Waals surface area contributed by atoms with Crippen LogP contribution in [-0.4, -0.2) is 12.1 Å². The molecular weight excluding hydrogens is 152 g/mol. The molecule has 0 radical (unpaired) electrons. The van der Waals surface area contributed by atoms with Crippen LogP contribution < -0.4 is 0 Å². The molecule has 1 atom stereocenters. The monoisotopic (exact) mass is 162 g/mol. The van der Waals surface area contributed by atoms with Gasteiger partial charge in [-0.05, 0) is 13.3 Å². The van der Waals surface area contributed by atoms with Crippen LogP contribution in [0.15, 0.2) is 35.5 Å². The average molecular weight is 162 g/mol. The molecule has 2 nitrogen and oxygen atoms in total. The molecule has 2 heteroatoms. The summed E-state index contributed by atoms with van der Waals surface area (Å²) in [5.74, 6) is -0.194. The van der Waals surface area contributed by atoms with Crippen LogP contribution in [0.3, 0.4) is 0 Å². The van der Waals surface area contributed by atoms with E-state index in [1.165, 1.54) is 0 Å². The Hall–Kier alpha value is -1.31. The van der Waals surface area contributed by atoms with E-state index < -0.39 is 0 Å². The van der Waals surface area contributed by atoms with Gasteiger partial charge in [-0.2, -0.15) is 0 Å². The number of ether oxygens (including phenoxy) is 1. The zero-order valence-electron chi connectivity index (χ0n) is 6.91. The predicted octanol–water partition coefficient (Wildman–Crippen LogP) is 1.74. The van der Waals surface area contributed by atoms with E-state index in [1.807, 2.05) is 31.2 Å². The van der Waals surface area contributed by atoms with Gasteiger partial charge in [-0.3, -0.25) is 0 Å². The van der Waals surface area contributed by atoms with Crippen LogP contribution in [0.1, 0.15) is 13.3 Å². The second-order valence-electron chi connectivity index (χ2n) is 2.96. The van der Waals surface area contributed by atoms with Gasteiger partial charge in [0, 0.05) is 5.57 Å². The molecule has 0 saturated heterocycles. The standard InChI is InChI=1S/C10H10O2/c1-7-8-5-3-2-4-6-9(8)10(11)12-7/h3-7H,2H2,1H3. The van der Waals surface area contributed by atoms with Crippen LogP contribution in [-0.2, 0) is 9.53 Å². The van der Waals surface area contributed by atoms with Gasteiger partial charge in [0.15, 0.2) is 0 Å². The number of rotatable bonds is 0. The fourth-order valence-corrected chi connectivity index (χ4v) is 1.47. The maximum Gasteiger partial charge on any atom is 0.339 e. The van der Waals surface area contributed by atoms with Gasteiger partial charge in [-0.25, -0.2) is 4.79 Å². The molecule has 1 aliphatic carbocycles. The zero-order chi connectivity index (χ0) is 8.55. The molecule has 12 heavy (non-hydrogen) atoms. The molecule has 62 valence electrons. The van der Waals surface area contributed by atoms with Crippen LogP contribution in [0.5, 0.6) is 0 Å². The lowest BCUT2D eigenvalue weighted by atomic mass is 10.1. The van der Waals surface area contributed by atoms with E-state index >= 15 is 0 Å². The Morgan fingerprint density at radius 2 is 2.17 bits per heavy atom. The van der Waals surface area contributed by atoms with Gasteiger partial charge < -0.3 is 4.74 Å². The second-order valence-corrected chi connectivity index (χ2v) is 2.96. The molecule has 2 rings (SSSR count). The molecule has 0 spiro atoms. The van der Waals surface area contributed by atoms with Crippen LogP contribution >= 0.6 is 0 Å². The minimum atomic E-state index is -0.194. The van der Waals surface area contributed by atoms with E-state index in [4.69, 9.17) is 4.74 Å². The minimum Gasteiger partial charge on any atom is -0.454 e. The van der Waals surface area contributed by atoms with Crippen molar-refractivity contribution in [2.45, 2.75) is 19.4 Å². The van der Waals surface area contributed by atoms with Crippen molar-refractivity contribution in [2.75, 3.05) is 0 Å². The van der Waals surface area contributed by atoms with Crippen molar-refractivity contribution in [2.24, 2.45) is 0 Å². The minimum absolute atomic E-state index is 0.0773. The van der Waals surface area contributed by atoms with E-state index in [-0.39, 0.29) is 12.1 Å². The summed E-state index contributed by atoms with van der Waals surface area (Å²) in [6.45, 7) is 1.89. The second kappa shape index (κ2) is 2.63. The van der Waals surface area contributed by atoms with E-state index in [2.05, 4.69) is 0 Å². The van der Waals surface area contributed by atoms with E-state index in [0.717, 1.165) is 17.6 Å². The van der Waals surface area contributed by atoms with Crippen molar-refractivity contribution in [1.29, 1.82) is 0 Å². The van der Waals surface area contributed by atoms with Gasteiger partial charge in [-0.15, -0.1) is 0 Å². The highest BCUT2D eigenvalue weighted by Gasteiger charge is 2.27. The highest BCUT2D eigenvalue weighted by Crippen LogP contribution is 2.26. The number of carbonyl (C=O) groups is 1. The van der Waals surface area contributed by atoms with Gasteiger partial charge >= 0.3 is 5.97 Å². The quantitative estimate of drug-likeness (QED) is 0.507. The van der Waals surface area contributed by atoms with Crippen LogP contribution in [0, 0.1) is 0 Å². The SMILES string of the molecule is CC1OC(=O)C2=C1C=CCC=C2. The highest BCUT2D eigenvalue weighted by molar-refractivity contribution is 5.96. The molecular formula is C10H10O2. The molecule has 0 aromatic rings. The van der Waals surface area contributed by atoms with Crippen LogP contribution in [0.25, 0.3) is 0 Å². The Kier molecular flexibility index (Phi) is 1.61. The lowest BCUT2D eigenvalue weighted by Crippen LogP contribution is -2.04. The third kappa shape index (κ3) is 0.998. The first-order valence-electron chi connectivity index (χ1n) is 4.07. The summed E-state index contributed by atoms with van der Waals surface area (Å²) in [6, 6.07) is 0. The average Bonchev–Trinajstić information content (AvgIpc) is 2.29. The van der Waals surface area contributed by atoms with Crippen molar-refractivity contribution in [1.82, 2.24) is 0 Å². The normalized spacial score (nSPS) is 27.1. The van der Waals surface area contributed by atoms with Gasteiger partial charge in [0.1, 0.15) is 6.10 Å². The molecule has 0 amide bonds. The molecule has 1 aliphatic heterocycles. The third-order valence-corrected chi connectivity index (χ3v) is 2.11. The third-order valence-electron chi connectivity index (χ3n) is 2.11. The largest absolute Gasteiger partial charge is 0.454 e.